The molecule has 0 aliphatic carbocycles. The number of carbonyl (C=O) groups excluding carboxylic acids is 1. The third-order valence-electron chi connectivity index (χ3n) is 3.83. The van der Waals surface area contributed by atoms with Gasteiger partial charge in [0.2, 0.25) is 5.91 Å². The van der Waals surface area contributed by atoms with E-state index >= 15 is 0 Å². The van der Waals surface area contributed by atoms with E-state index in [1.54, 1.807) is 7.11 Å². The molecule has 0 saturated carbocycles. The lowest BCUT2D eigenvalue weighted by Crippen LogP contribution is -2.26. The summed E-state index contributed by atoms with van der Waals surface area (Å²) in [4.78, 5) is 11.9. The second-order valence-electron chi connectivity index (χ2n) is 5.82. The molecule has 0 aliphatic heterocycles. The molecule has 128 valence electrons. The van der Waals surface area contributed by atoms with Gasteiger partial charge in [0.1, 0.15) is 5.75 Å². The second kappa shape index (κ2) is 9.60. The summed E-state index contributed by atoms with van der Waals surface area (Å²) in [5.41, 5.74) is 3.39. The molecule has 0 fully saturated rings. The molecule has 0 bridgehead atoms. The zero-order valence-corrected chi connectivity index (χ0v) is 14.5. The van der Waals surface area contributed by atoms with Gasteiger partial charge >= 0.3 is 0 Å². The number of amides is 1. The van der Waals surface area contributed by atoms with Crippen LogP contribution >= 0.6 is 0 Å². The number of nitrogens with one attached hydrogen (secondary N) is 2. The average molecular weight is 326 g/mol. The maximum Gasteiger partial charge on any atom is 0.221 e. The van der Waals surface area contributed by atoms with Crippen LogP contribution in [0.1, 0.15) is 24.0 Å². The quantitative estimate of drug-likeness (QED) is 0.693. The number of aryl methyl sites for hydroxylation is 2. The van der Waals surface area contributed by atoms with Crippen molar-refractivity contribution < 1.29 is 9.53 Å². The number of carbonyl (C=O) groups is 1. The van der Waals surface area contributed by atoms with Gasteiger partial charge in [-0.25, -0.2) is 0 Å². The van der Waals surface area contributed by atoms with E-state index in [4.69, 9.17) is 4.74 Å². The molecule has 2 N–H and O–H groups in total. The lowest BCUT2D eigenvalue weighted by atomic mass is 10.1. The lowest BCUT2D eigenvalue weighted by Gasteiger charge is -2.12. The standard InChI is InChI=1S/C20H26N2O2/c1-16-10-11-19(24-2)18(15-16)21-14-12-20(23)22-13-6-9-17-7-4-3-5-8-17/h3-5,7-8,10-11,15,21H,6,9,12-14H2,1-2H3,(H,22,23). The fourth-order valence-electron chi connectivity index (χ4n) is 2.52. The molecule has 0 unspecified atom stereocenters. The first-order chi connectivity index (χ1) is 11.7. The minimum Gasteiger partial charge on any atom is -0.495 e. The SMILES string of the molecule is COc1ccc(C)cc1NCCC(=O)NCCCc1ccccc1. The predicted molar refractivity (Wildman–Crippen MR) is 98.6 cm³/mol. The Morgan fingerprint density at radius 1 is 1.08 bits per heavy atom. The third kappa shape index (κ3) is 5.95. The van der Waals surface area contributed by atoms with Crippen LogP contribution < -0.4 is 15.4 Å². The van der Waals surface area contributed by atoms with Crippen LogP contribution in [0, 0.1) is 6.92 Å². The molecule has 24 heavy (non-hydrogen) atoms. The maximum absolute atomic E-state index is 11.9. The number of benzene rings is 2. The summed E-state index contributed by atoms with van der Waals surface area (Å²) in [6.07, 6.45) is 2.39. The fraction of sp³-hybridized carbons (Fsp3) is 0.350. The zero-order valence-electron chi connectivity index (χ0n) is 14.5. The molecule has 0 atom stereocenters. The first kappa shape index (κ1) is 17.9. The molecular formula is C20H26N2O2. The molecule has 0 saturated heterocycles. The highest BCUT2D eigenvalue weighted by Crippen LogP contribution is 2.24. The van der Waals surface area contributed by atoms with Crippen molar-refractivity contribution in [3.8, 4) is 5.75 Å². The van der Waals surface area contributed by atoms with Crippen LogP contribution in [0.25, 0.3) is 0 Å². The highest BCUT2D eigenvalue weighted by Gasteiger charge is 2.04. The van der Waals surface area contributed by atoms with Gasteiger partial charge in [0.05, 0.1) is 12.8 Å². The number of hydrogen-bond acceptors (Lipinski definition) is 3. The van der Waals surface area contributed by atoms with Crippen LogP contribution in [-0.2, 0) is 11.2 Å². The molecule has 0 aromatic heterocycles. The molecular weight excluding hydrogens is 300 g/mol. The molecule has 0 radical (unpaired) electrons. The first-order valence-corrected chi connectivity index (χ1v) is 8.38. The molecule has 2 rings (SSSR count). The van der Waals surface area contributed by atoms with Gasteiger partial charge in [0, 0.05) is 19.5 Å². The Labute approximate surface area is 144 Å². The summed E-state index contributed by atoms with van der Waals surface area (Å²) in [6, 6.07) is 16.3. The Balaban J connectivity index is 1.64. The summed E-state index contributed by atoms with van der Waals surface area (Å²) >= 11 is 0. The van der Waals surface area contributed by atoms with Gasteiger partial charge in [-0.05, 0) is 43.0 Å². The lowest BCUT2D eigenvalue weighted by molar-refractivity contribution is -0.120. The van der Waals surface area contributed by atoms with E-state index in [9.17, 15) is 4.79 Å². The molecule has 0 aliphatic rings. The van der Waals surface area contributed by atoms with Crippen LogP contribution in [0.15, 0.2) is 48.5 Å². The van der Waals surface area contributed by atoms with Gasteiger partial charge in [0.25, 0.3) is 0 Å². The van der Waals surface area contributed by atoms with E-state index in [0.29, 0.717) is 19.5 Å². The van der Waals surface area contributed by atoms with Crippen molar-refractivity contribution >= 4 is 11.6 Å². The van der Waals surface area contributed by atoms with E-state index in [1.165, 1.54) is 5.56 Å². The van der Waals surface area contributed by atoms with E-state index in [1.807, 2.05) is 43.3 Å². The summed E-state index contributed by atoms with van der Waals surface area (Å²) in [6.45, 7) is 3.33. The number of hydrogen-bond donors (Lipinski definition) is 2. The summed E-state index contributed by atoms with van der Waals surface area (Å²) in [5, 5.41) is 6.24. The molecule has 1 amide bonds. The Morgan fingerprint density at radius 3 is 2.62 bits per heavy atom. The Bertz CT molecular complexity index is 641. The summed E-state index contributed by atoms with van der Waals surface area (Å²) < 4.78 is 5.32. The maximum atomic E-state index is 11.9. The van der Waals surface area contributed by atoms with Crippen molar-refractivity contribution in [2.75, 3.05) is 25.5 Å². The first-order valence-electron chi connectivity index (χ1n) is 8.38. The van der Waals surface area contributed by atoms with Crippen LogP contribution in [0.2, 0.25) is 0 Å². The van der Waals surface area contributed by atoms with Crippen LogP contribution in [-0.4, -0.2) is 26.1 Å². The van der Waals surface area contributed by atoms with Gasteiger partial charge in [-0.15, -0.1) is 0 Å². The van der Waals surface area contributed by atoms with E-state index < -0.39 is 0 Å². The normalized spacial score (nSPS) is 10.2. The Morgan fingerprint density at radius 2 is 1.88 bits per heavy atom. The average Bonchev–Trinajstić information content (AvgIpc) is 2.60. The van der Waals surface area contributed by atoms with Crippen molar-refractivity contribution in [3.63, 3.8) is 0 Å². The van der Waals surface area contributed by atoms with Crippen molar-refractivity contribution in [1.29, 1.82) is 0 Å². The van der Waals surface area contributed by atoms with Crippen molar-refractivity contribution in [2.45, 2.75) is 26.2 Å². The summed E-state index contributed by atoms with van der Waals surface area (Å²) in [7, 11) is 1.65. The number of rotatable bonds is 9. The molecule has 4 heteroatoms. The highest BCUT2D eigenvalue weighted by atomic mass is 16.5. The minimum atomic E-state index is 0.0715. The third-order valence-corrected chi connectivity index (χ3v) is 3.83. The monoisotopic (exact) mass is 326 g/mol. The van der Waals surface area contributed by atoms with Gasteiger partial charge in [-0.1, -0.05) is 36.4 Å². The predicted octanol–water partition coefficient (Wildman–Crippen LogP) is 3.55. The van der Waals surface area contributed by atoms with Crippen LogP contribution in [0.5, 0.6) is 5.75 Å². The van der Waals surface area contributed by atoms with Crippen LogP contribution in [0.4, 0.5) is 5.69 Å². The largest absolute Gasteiger partial charge is 0.495 e. The van der Waals surface area contributed by atoms with Gasteiger partial charge in [0.15, 0.2) is 0 Å². The van der Waals surface area contributed by atoms with E-state index in [-0.39, 0.29) is 5.91 Å². The topological polar surface area (TPSA) is 50.4 Å². The van der Waals surface area contributed by atoms with E-state index in [2.05, 4.69) is 22.8 Å². The van der Waals surface area contributed by atoms with Gasteiger partial charge < -0.3 is 15.4 Å². The highest BCUT2D eigenvalue weighted by molar-refractivity contribution is 5.76. The Hall–Kier alpha value is -2.49. The number of anilines is 1. The van der Waals surface area contributed by atoms with Crippen LogP contribution in [0.3, 0.4) is 0 Å². The number of methoxy groups -OCH3 is 1. The summed E-state index contributed by atoms with van der Waals surface area (Å²) in [5.74, 6) is 0.867. The van der Waals surface area contributed by atoms with Crippen molar-refractivity contribution in [3.05, 3.63) is 59.7 Å². The second-order valence-corrected chi connectivity index (χ2v) is 5.82. The fourth-order valence-corrected chi connectivity index (χ4v) is 2.52. The smallest absolute Gasteiger partial charge is 0.221 e. The molecule has 2 aromatic rings. The molecule has 0 heterocycles. The van der Waals surface area contributed by atoms with Gasteiger partial charge in [-0.2, -0.15) is 0 Å². The van der Waals surface area contributed by atoms with Crippen molar-refractivity contribution in [2.24, 2.45) is 0 Å². The minimum absolute atomic E-state index is 0.0715. The number of ether oxygens (including phenoxy) is 1. The van der Waals surface area contributed by atoms with Crippen molar-refractivity contribution in [1.82, 2.24) is 5.32 Å². The van der Waals surface area contributed by atoms with Gasteiger partial charge in [-0.3, -0.25) is 4.79 Å². The molecule has 4 nitrogen and oxygen atoms in total. The molecule has 2 aromatic carbocycles. The Kier molecular flexibility index (Phi) is 7.15. The molecule has 0 spiro atoms. The zero-order chi connectivity index (χ0) is 17.2. The van der Waals surface area contributed by atoms with E-state index in [0.717, 1.165) is 29.8 Å².